The van der Waals surface area contributed by atoms with Crippen LogP contribution in [0.5, 0.6) is 0 Å². The van der Waals surface area contributed by atoms with Crippen LogP contribution < -0.4 is 10.6 Å². The molecular weight excluding hydrogens is 344 g/mol. The van der Waals surface area contributed by atoms with E-state index >= 15 is 0 Å². The summed E-state index contributed by atoms with van der Waals surface area (Å²) >= 11 is 6.15. The van der Waals surface area contributed by atoms with Crippen molar-refractivity contribution in [3.8, 4) is 0 Å². The van der Waals surface area contributed by atoms with Gasteiger partial charge in [0.15, 0.2) is 11.4 Å². The SMILES string of the molecule is CCn1cc(NC(=O)c2nn(C)c(C)c2Cl)c(C(=O)NCC(C)C)n1. The number of aryl methyl sites for hydroxylation is 2. The van der Waals surface area contributed by atoms with Crippen LogP contribution in [0.3, 0.4) is 0 Å². The van der Waals surface area contributed by atoms with E-state index in [1.807, 2.05) is 20.8 Å². The number of halogens is 1. The van der Waals surface area contributed by atoms with Crippen molar-refractivity contribution in [3.63, 3.8) is 0 Å². The van der Waals surface area contributed by atoms with Gasteiger partial charge in [0, 0.05) is 26.3 Å². The summed E-state index contributed by atoms with van der Waals surface area (Å²) in [5.74, 6) is -0.507. The van der Waals surface area contributed by atoms with Gasteiger partial charge in [-0.2, -0.15) is 10.2 Å². The molecule has 0 aliphatic heterocycles. The van der Waals surface area contributed by atoms with Gasteiger partial charge in [-0.3, -0.25) is 19.0 Å². The third-order valence-electron chi connectivity index (χ3n) is 3.70. The molecule has 2 N–H and O–H groups in total. The van der Waals surface area contributed by atoms with Crippen molar-refractivity contribution in [2.45, 2.75) is 34.2 Å². The summed E-state index contributed by atoms with van der Waals surface area (Å²) in [7, 11) is 1.71. The largest absolute Gasteiger partial charge is 0.350 e. The maximum absolute atomic E-state index is 12.5. The van der Waals surface area contributed by atoms with Crippen LogP contribution in [-0.4, -0.2) is 37.9 Å². The molecule has 2 aromatic heterocycles. The zero-order chi connectivity index (χ0) is 18.7. The molecule has 0 fully saturated rings. The second kappa shape index (κ2) is 7.69. The van der Waals surface area contributed by atoms with Crippen LogP contribution in [0.2, 0.25) is 5.02 Å². The molecular formula is C16H23ClN6O2. The highest BCUT2D eigenvalue weighted by Crippen LogP contribution is 2.21. The Morgan fingerprint density at radius 2 is 1.92 bits per heavy atom. The van der Waals surface area contributed by atoms with Crippen LogP contribution in [0.25, 0.3) is 0 Å². The van der Waals surface area contributed by atoms with Gasteiger partial charge in [0.2, 0.25) is 0 Å². The van der Waals surface area contributed by atoms with Crippen LogP contribution in [0.4, 0.5) is 5.69 Å². The second-order valence-electron chi connectivity index (χ2n) is 6.18. The summed E-state index contributed by atoms with van der Waals surface area (Å²) in [6.07, 6.45) is 1.62. The van der Waals surface area contributed by atoms with E-state index in [9.17, 15) is 9.59 Å². The number of carbonyl (C=O) groups excluding carboxylic acids is 2. The zero-order valence-corrected chi connectivity index (χ0v) is 15.8. The molecule has 0 saturated heterocycles. The first-order valence-electron chi connectivity index (χ1n) is 8.10. The van der Waals surface area contributed by atoms with Crippen molar-refractivity contribution in [2.75, 3.05) is 11.9 Å². The molecule has 136 valence electrons. The van der Waals surface area contributed by atoms with Gasteiger partial charge in [-0.15, -0.1) is 0 Å². The Hall–Kier alpha value is -2.35. The number of amides is 2. The molecule has 0 atom stereocenters. The van der Waals surface area contributed by atoms with E-state index in [2.05, 4.69) is 20.8 Å². The van der Waals surface area contributed by atoms with Crippen molar-refractivity contribution >= 4 is 29.1 Å². The number of anilines is 1. The highest BCUT2D eigenvalue weighted by atomic mass is 35.5. The first kappa shape index (κ1) is 19.0. The number of nitrogens with one attached hydrogen (secondary N) is 2. The maximum Gasteiger partial charge on any atom is 0.277 e. The van der Waals surface area contributed by atoms with Gasteiger partial charge >= 0.3 is 0 Å². The molecule has 0 spiro atoms. The molecule has 0 aromatic carbocycles. The first-order chi connectivity index (χ1) is 11.7. The lowest BCUT2D eigenvalue weighted by atomic mass is 10.2. The van der Waals surface area contributed by atoms with Gasteiger partial charge in [-0.05, 0) is 19.8 Å². The fourth-order valence-electron chi connectivity index (χ4n) is 2.13. The van der Waals surface area contributed by atoms with Crippen LogP contribution in [-0.2, 0) is 13.6 Å². The summed E-state index contributed by atoms with van der Waals surface area (Å²) in [6, 6.07) is 0. The van der Waals surface area contributed by atoms with Crippen molar-refractivity contribution in [1.82, 2.24) is 24.9 Å². The highest BCUT2D eigenvalue weighted by molar-refractivity contribution is 6.34. The number of rotatable bonds is 6. The molecule has 0 bridgehead atoms. The third-order valence-corrected chi connectivity index (χ3v) is 4.15. The first-order valence-corrected chi connectivity index (χ1v) is 8.48. The van der Waals surface area contributed by atoms with E-state index in [-0.39, 0.29) is 22.3 Å². The molecule has 8 nitrogen and oxygen atoms in total. The lowest BCUT2D eigenvalue weighted by Gasteiger charge is -2.07. The number of carbonyl (C=O) groups is 2. The van der Waals surface area contributed by atoms with E-state index in [1.54, 1.807) is 24.9 Å². The molecule has 0 aliphatic carbocycles. The Labute approximate surface area is 151 Å². The Kier molecular flexibility index (Phi) is 5.84. The predicted molar refractivity (Wildman–Crippen MR) is 96.0 cm³/mol. The van der Waals surface area contributed by atoms with Crippen LogP contribution >= 0.6 is 11.6 Å². The zero-order valence-electron chi connectivity index (χ0n) is 15.1. The summed E-state index contributed by atoms with van der Waals surface area (Å²) in [4.78, 5) is 24.9. The lowest BCUT2D eigenvalue weighted by molar-refractivity contribution is 0.0944. The molecule has 2 heterocycles. The summed E-state index contributed by atoms with van der Waals surface area (Å²) in [5.41, 5.74) is 1.29. The number of aromatic nitrogens is 4. The normalized spacial score (nSPS) is 11.0. The molecule has 0 saturated carbocycles. The molecule has 0 radical (unpaired) electrons. The number of hydrogen-bond acceptors (Lipinski definition) is 4. The molecule has 0 aliphatic rings. The van der Waals surface area contributed by atoms with E-state index < -0.39 is 5.91 Å². The summed E-state index contributed by atoms with van der Waals surface area (Å²) < 4.78 is 3.12. The van der Waals surface area contributed by atoms with Gasteiger partial charge in [-0.1, -0.05) is 25.4 Å². The minimum Gasteiger partial charge on any atom is -0.350 e. The average molecular weight is 367 g/mol. The van der Waals surface area contributed by atoms with Gasteiger partial charge < -0.3 is 10.6 Å². The summed E-state index contributed by atoms with van der Waals surface area (Å²) in [6.45, 7) is 8.76. The van der Waals surface area contributed by atoms with E-state index in [0.29, 0.717) is 30.4 Å². The van der Waals surface area contributed by atoms with Crippen molar-refractivity contribution in [1.29, 1.82) is 0 Å². The van der Waals surface area contributed by atoms with Crippen molar-refractivity contribution < 1.29 is 9.59 Å². The van der Waals surface area contributed by atoms with Gasteiger partial charge in [-0.25, -0.2) is 0 Å². The highest BCUT2D eigenvalue weighted by Gasteiger charge is 2.23. The lowest BCUT2D eigenvalue weighted by Crippen LogP contribution is -2.29. The van der Waals surface area contributed by atoms with Gasteiger partial charge in [0.25, 0.3) is 11.8 Å². The summed E-state index contributed by atoms with van der Waals surface area (Å²) in [5, 5.41) is 14.1. The Morgan fingerprint density at radius 1 is 1.24 bits per heavy atom. The van der Waals surface area contributed by atoms with Crippen LogP contribution in [0, 0.1) is 12.8 Å². The van der Waals surface area contributed by atoms with Crippen molar-refractivity contribution in [2.24, 2.45) is 13.0 Å². The van der Waals surface area contributed by atoms with Gasteiger partial charge in [0.05, 0.1) is 16.4 Å². The topological polar surface area (TPSA) is 93.8 Å². The average Bonchev–Trinajstić information content (AvgIpc) is 3.08. The number of hydrogen-bond donors (Lipinski definition) is 2. The Balaban J connectivity index is 2.26. The molecule has 9 heteroatoms. The van der Waals surface area contributed by atoms with E-state index in [0.717, 1.165) is 0 Å². The standard InChI is InChI=1S/C16H23ClN6O2/c1-6-23-8-11(13(21-23)15(24)18-7-9(2)3)19-16(25)14-12(17)10(4)22(5)20-14/h8-9H,6-7H2,1-5H3,(H,18,24)(H,19,25). The fraction of sp³-hybridized carbons (Fsp3) is 0.500. The fourth-order valence-corrected chi connectivity index (χ4v) is 2.38. The monoisotopic (exact) mass is 366 g/mol. The van der Waals surface area contributed by atoms with Gasteiger partial charge in [0.1, 0.15) is 0 Å². The Bertz CT molecular complexity index is 793. The molecule has 0 unspecified atom stereocenters. The molecule has 2 rings (SSSR count). The minimum absolute atomic E-state index is 0.111. The van der Waals surface area contributed by atoms with Crippen molar-refractivity contribution in [3.05, 3.63) is 28.3 Å². The smallest absolute Gasteiger partial charge is 0.277 e. The Morgan fingerprint density at radius 3 is 2.44 bits per heavy atom. The minimum atomic E-state index is -0.484. The third kappa shape index (κ3) is 4.19. The molecule has 2 aromatic rings. The van der Waals surface area contributed by atoms with Crippen LogP contribution in [0.15, 0.2) is 6.20 Å². The maximum atomic E-state index is 12.5. The quantitative estimate of drug-likeness (QED) is 0.819. The molecule has 2 amide bonds. The molecule has 25 heavy (non-hydrogen) atoms. The van der Waals surface area contributed by atoms with E-state index in [1.165, 1.54) is 4.68 Å². The second-order valence-corrected chi connectivity index (χ2v) is 6.55. The number of nitrogens with zero attached hydrogens (tertiary/aromatic N) is 4. The van der Waals surface area contributed by atoms with E-state index in [4.69, 9.17) is 11.6 Å². The van der Waals surface area contributed by atoms with Crippen LogP contribution in [0.1, 0.15) is 47.4 Å². The predicted octanol–water partition coefficient (Wildman–Crippen LogP) is 2.24.